The van der Waals surface area contributed by atoms with E-state index in [1.807, 2.05) is 0 Å². The molecule has 1 fully saturated rings. The van der Waals surface area contributed by atoms with E-state index in [9.17, 15) is 4.79 Å². The van der Waals surface area contributed by atoms with E-state index in [0.717, 1.165) is 12.0 Å². The van der Waals surface area contributed by atoms with Gasteiger partial charge in [0.05, 0.1) is 6.10 Å². The number of rotatable bonds is 6. The third-order valence-electron chi connectivity index (χ3n) is 5.29. The minimum atomic E-state index is -1.90. The van der Waals surface area contributed by atoms with Crippen LogP contribution in [0.1, 0.15) is 32.8 Å². The number of hydrogen-bond donors (Lipinski definition) is 0. The van der Waals surface area contributed by atoms with Gasteiger partial charge in [-0.05, 0) is 36.5 Å². The number of ether oxygens (including phenoxy) is 1. The molecule has 0 spiro atoms. The largest absolute Gasteiger partial charge is 0.445 e. The van der Waals surface area contributed by atoms with Crippen LogP contribution in [0.2, 0.25) is 18.1 Å². The van der Waals surface area contributed by atoms with Gasteiger partial charge in [-0.15, -0.1) is 0 Å². The molecular formula is C19H31N3O3Si. The van der Waals surface area contributed by atoms with Crippen molar-refractivity contribution in [1.29, 1.82) is 0 Å². The Morgan fingerprint density at radius 3 is 2.62 bits per heavy atom. The number of likely N-dealkylation sites (tertiary alicyclic amines) is 1. The van der Waals surface area contributed by atoms with Gasteiger partial charge in [-0.25, -0.2) is 14.8 Å². The maximum Gasteiger partial charge on any atom is 0.410 e. The van der Waals surface area contributed by atoms with Gasteiger partial charge in [0, 0.05) is 25.0 Å². The Morgan fingerprint density at radius 2 is 2.04 bits per heavy atom. The normalized spacial score (nSPS) is 20.9. The van der Waals surface area contributed by atoms with Crippen molar-refractivity contribution in [3.8, 4) is 0 Å². The van der Waals surface area contributed by atoms with Crippen LogP contribution in [0.5, 0.6) is 0 Å². The van der Waals surface area contributed by atoms with Crippen molar-refractivity contribution in [3.63, 3.8) is 0 Å². The smallest absolute Gasteiger partial charge is 0.410 e. The number of carbonyl (C=O) groups is 1. The maximum absolute atomic E-state index is 12.5. The molecule has 2 atom stereocenters. The molecule has 2 rings (SSSR count). The molecule has 1 aromatic heterocycles. The summed E-state index contributed by atoms with van der Waals surface area (Å²) in [6.45, 7) is 15.5. The van der Waals surface area contributed by atoms with Crippen molar-refractivity contribution in [2.75, 3.05) is 13.2 Å². The van der Waals surface area contributed by atoms with Crippen LogP contribution in [-0.4, -0.2) is 54.6 Å². The summed E-state index contributed by atoms with van der Waals surface area (Å²) >= 11 is 0. The highest BCUT2D eigenvalue weighted by Crippen LogP contribution is 2.39. The van der Waals surface area contributed by atoms with Crippen molar-refractivity contribution in [1.82, 2.24) is 14.9 Å². The summed E-state index contributed by atoms with van der Waals surface area (Å²) in [7, 11) is -1.90. The first kappa shape index (κ1) is 20.6. The first-order chi connectivity index (χ1) is 12.1. The van der Waals surface area contributed by atoms with E-state index < -0.39 is 8.32 Å². The molecular weight excluding hydrogens is 346 g/mol. The second-order valence-corrected chi connectivity index (χ2v) is 13.1. The van der Waals surface area contributed by atoms with Gasteiger partial charge in [0.1, 0.15) is 12.9 Å². The Balaban J connectivity index is 2.12. The number of amides is 1. The van der Waals surface area contributed by atoms with Crippen molar-refractivity contribution >= 4 is 14.4 Å². The maximum atomic E-state index is 12.5. The van der Waals surface area contributed by atoms with Gasteiger partial charge in [0.25, 0.3) is 0 Å². The average molecular weight is 378 g/mol. The summed E-state index contributed by atoms with van der Waals surface area (Å²) in [5.74, 6) is 0. The molecule has 0 saturated carbocycles. The molecule has 2 heterocycles. The third kappa shape index (κ3) is 5.14. The van der Waals surface area contributed by atoms with Gasteiger partial charge in [-0.3, -0.25) is 0 Å². The molecule has 0 aliphatic carbocycles. The fourth-order valence-electron chi connectivity index (χ4n) is 2.89. The molecule has 0 aromatic carbocycles. The van der Waals surface area contributed by atoms with Gasteiger partial charge >= 0.3 is 6.09 Å². The van der Waals surface area contributed by atoms with E-state index in [1.54, 1.807) is 23.4 Å². The van der Waals surface area contributed by atoms with E-state index in [4.69, 9.17) is 9.16 Å². The van der Waals surface area contributed by atoms with Crippen LogP contribution in [0.25, 0.3) is 0 Å². The topological polar surface area (TPSA) is 64.5 Å². The van der Waals surface area contributed by atoms with Gasteiger partial charge in [-0.2, -0.15) is 0 Å². The molecule has 2 unspecified atom stereocenters. The van der Waals surface area contributed by atoms with E-state index in [1.165, 1.54) is 6.33 Å². The Bertz CT molecular complexity index is 616. The van der Waals surface area contributed by atoms with Crippen LogP contribution in [-0.2, 0) is 15.6 Å². The highest BCUT2D eigenvalue weighted by atomic mass is 28.4. The molecule has 1 aromatic rings. The van der Waals surface area contributed by atoms with Crippen molar-refractivity contribution in [2.45, 2.75) is 63.9 Å². The lowest BCUT2D eigenvalue weighted by molar-refractivity contribution is 0.103. The molecule has 1 aliphatic heterocycles. The monoisotopic (exact) mass is 377 g/mol. The van der Waals surface area contributed by atoms with Crippen LogP contribution < -0.4 is 0 Å². The molecule has 144 valence electrons. The van der Waals surface area contributed by atoms with Crippen LogP contribution in [0, 0.1) is 0 Å². The Hall–Kier alpha value is -1.73. The van der Waals surface area contributed by atoms with Crippen LogP contribution >= 0.6 is 0 Å². The summed E-state index contributed by atoms with van der Waals surface area (Å²) in [5, 5.41) is 0.131. The lowest BCUT2D eigenvalue weighted by Crippen LogP contribution is -2.44. The lowest BCUT2D eigenvalue weighted by Gasteiger charge is -2.38. The van der Waals surface area contributed by atoms with Gasteiger partial charge in [0.2, 0.25) is 0 Å². The van der Waals surface area contributed by atoms with Crippen LogP contribution in [0.3, 0.4) is 0 Å². The zero-order chi connectivity index (χ0) is 19.4. The number of aromatic nitrogens is 2. The zero-order valence-electron chi connectivity index (χ0n) is 16.6. The fourth-order valence-corrected chi connectivity index (χ4v) is 4.25. The zero-order valence-corrected chi connectivity index (χ0v) is 17.6. The summed E-state index contributed by atoms with van der Waals surface area (Å²) < 4.78 is 11.8. The lowest BCUT2D eigenvalue weighted by atomic mass is 10.1. The van der Waals surface area contributed by atoms with Crippen LogP contribution in [0.4, 0.5) is 4.79 Å². The van der Waals surface area contributed by atoms with Gasteiger partial charge in [0.15, 0.2) is 8.32 Å². The first-order valence-corrected chi connectivity index (χ1v) is 12.0. The van der Waals surface area contributed by atoms with Crippen LogP contribution in [0.15, 0.2) is 31.4 Å². The molecule has 1 saturated heterocycles. The van der Waals surface area contributed by atoms with Crippen molar-refractivity contribution in [3.05, 3.63) is 36.9 Å². The van der Waals surface area contributed by atoms with Gasteiger partial charge < -0.3 is 14.1 Å². The quantitative estimate of drug-likeness (QED) is 0.557. The van der Waals surface area contributed by atoms with E-state index in [2.05, 4.69) is 50.4 Å². The Morgan fingerprint density at radius 1 is 1.38 bits per heavy atom. The molecule has 1 aliphatic rings. The molecule has 0 N–H and O–H groups in total. The summed E-state index contributed by atoms with van der Waals surface area (Å²) in [6.07, 6.45) is 7.89. The average Bonchev–Trinajstić information content (AvgIpc) is 2.94. The predicted octanol–water partition coefficient (Wildman–Crippen LogP) is 3.81. The molecule has 7 heteroatoms. The van der Waals surface area contributed by atoms with E-state index in [0.29, 0.717) is 13.0 Å². The standard InChI is InChI=1S/C19H31N3O3Si/c1-7-8-24-18(23)22-13-17(25-26(5,6)19(2,3)4)10-16(22)9-15-11-20-14-21-12-15/h7,11-12,14,16-17H,1,8-10,13H2,2-6H3. The van der Waals surface area contributed by atoms with Gasteiger partial charge in [-0.1, -0.05) is 33.4 Å². The predicted molar refractivity (Wildman–Crippen MR) is 104 cm³/mol. The molecule has 0 radical (unpaired) electrons. The highest BCUT2D eigenvalue weighted by molar-refractivity contribution is 6.74. The Labute approximate surface area is 157 Å². The van der Waals surface area contributed by atoms with Crippen molar-refractivity contribution < 1.29 is 14.0 Å². The van der Waals surface area contributed by atoms with E-state index in [-0.39, 0.29) is 29.9 Å². The number of nitrogens with zero attached hydrogens (tertiary/aromatic N) is 3. The van der Waals surface area contributed by atoms with Crippen molar-refractivity contribution in [2.24, 2.45) is 0 Å². The molecule has 26 heavy (non-hydrogen) atoms. The summed E-state index contributed by atoms with van der Waals surface area (Å²) in [4.78, 5) is 22.4. The fraction of sp³-hybridized carbons (Fsp3) is 0.632. The molecule has 0 bridgehead atoms. The second-order valence-electron chi connectivity index (χ2n) is 8.36. The minimum Gasteiger partial charge on any atom is -0.445 e. The number of hydrogen-bond acceptors (Lipinski definition) is 5. The third-order valence-corrected chi connectivity index (χ3v) is 9.82. The SMILES string of the molecule is C=CCOC(=O)N1CC(O[Si](C)(C)C(C)(C)C)CC1Cc1cncnc1. The first-order valence-electron chi connectivity index (χ1n) is 9.10. The molecule has 1 amide bonds. The minimum absolute atomic E-state index is 0.0214. The summed E-state index contributed by atoms with van der Waals surface area (Å²) in [6, 6.07) is 0.0214. The Kier molecular flexibility index (Phi) is 6.57. The number of carbonyl (C=O) groups excluding carboxylic acids is 1. The van der Waals surface area contributed by atoms with E-state index >= 15 is 0 Å². The molecule has 6 nitrogen and oxygen atoms in total. The highest BCUT2D eigenvalue weighted by Gasteiger charge is 2.43. The second kappa shape index (κ2) is 8.31. The summed E-state index contributed by atoms with van der Waals surface area (Å²) in [5.41, 5.74) is 1.01.